The van der Waals surface area contributed by atoms with Gasteiger partial charge in [-0.25, -0.2) is 9.37 Å². The van der Waals surface area contributed by atoms with E-state index in [1.807, 2.05) is 25.1 Å². The molecule has 5 nitrogen and oxygen atoms in total. The molecule has 6 heteroatoms. The summed E-state index contributed by atoms with van der Waals surface area (Å²) >= 11 is 0. The van der Waals surface area contributed by atoms with E-state index in [9.17, 15) is 9.18 Å². The van der Waals surface area contributed by atoms with E-state index < -0.39 is 0 Å². The second-order valence-corrected chi connectivity index (χ2v) is 6.12. The van der Waals surface area contributed by atoms with Gasteiger partial charge in [-0.15, -0.1) is 0 Å². The van der Waals surface area contributed by atoms with Crippen molar-refractivity contribution < 1.29 is 13.9 Å². The first-order valence-electron chi connectivity index (χ1n) is 9.13. The van der Waals surface area contributed by atoms with Crippen molar-refractivity contribution in [2.45, 2.75) is 13.3 Å². The number of aromatic nitrogens is 1. The minimum atomic E-state index is -0.252. The molecule has 144 valence electrons. The summed E-state index contributed by atoms with van der Waals surface area (Å²) in [5.74, 6) is 0.812. The molecule has 0 atom stereocenters. The Bertz CT molecular complexity index is 912. The standard InChI is InChI=1S/C22H22FN3O2/c1-2-28-20-6-4-3-5-19(20)26-22(27)17-9-12-21(25-15-17)24-14-13-16-7-10-18(23)11-8-16/h3-12,15H,2,13-14H2,1H3,(H,24,25)(H,26,27). The van der Waals surface area contributed by atoms with Crippen molar-refractivity contribution in [1.29, 1.82) is 0 Å². The summed E-state index contributed by atoms with van der Waals surface area (Å²) in [5, 5.41) is 6.04. The van der Waals surface area contributed by atoms with Gasteiger partial charge in [0, 0.05) is 12.7 Å². The Morgan fingerprint density at radius 1 is 1.07 bits per heavy atom. The fraction of sp³-hybridized carbons (Fsp3) is 0.182. The number of carbonyl (C=O) groups is 1. The van der Waals surface area contributed by atoms with Gasteiger partial charge in [-0.3, -0.25) is 4.79 Å². The first-order valence-corrected chi connectivity index (χ1v) is 9.13. The molecule has 3 aromatic rings. The number of amides is 1. The molecule has 0 aliphatic heterocycles. The number of hydrogen-bond acceptors (Lipinski definition) is 4. The highest BCUT2D eigenvalue weighted by molar-refractivity contribution is 6.04. The number of carbonyl (C=O) groups excluding carboxylic acids is 1. The molecule has 0 saturated carbocycles. The van der Waals surface area contributed by atoms with Crippen LogP contribution in [0.4, 0.5) is 15.9 Å². The van der Waals surface area contributed by atoms with Crippen molar-refractivity contribution in [3.63, 3.8) is 0 Å². The highest BCUT2D eigenvalue weighted by Crippen LogP contribution is 2.24. The van der Waals surface area contributed by atoms with Gasteiger partial charge in [0.05, 0.1) is 17.9 Å². The average Bonchev–Trinajstić information content (AvgIpc) is 2.71. The molecule has 1 heterocycles. The maximum atomic E-state index is 12.9. The van der Waals surface area contributed by atoms with Crippen LogP contribution in [0, 0.1) is 5.82 Å². The van der Waals surface area contributed by atoms with Crippen LogP contribution in [0.1, 0.15) is 22.8 Å². The molecule has 3 rings (SSSR count). The molecule has 0 bridgehead atoms. The van der Waals surface area contributed by atoms with Gasteiger partial charge in [0.2, 0.25) is 0 Å². The Kier molecular flexibility index (Phi) is 6.57. The summed E-state index contributed by atoms with van der Waals surface area (Å²) in [7, 11) is 0. The first kappa shape index (κ1) is 19.4. The number of nitrogens with zero attached hydrogens (tertiary/aromatic N) is 1. The molecule has 28 heavy (non-hydrogen) atoms. The van der Waals surface area contributed by atoms with Gasteiger partial charge in [-0.1, -0.05) is 24.3 Å². The Labute approximate surface area is 163 Å². The minimum absolute atomic E-state index is 0.240. The van der Waals surface area contributed by atoms with Crippen molar-refractivity contribution in [1.82, 2.24) is 4.98 Å². The third-order valence-corrected chi connectivity index (χ3v) is 4.09. The lowest BCUT2D eigenvalue weighted by molar-refractivity contribution is 0.102. The van der Waals surface area contributed by atoms with Crippen LogP contribution >= 0.6 is 0 Å². The van der Waals surface area contributed by atoms with Crippen molar-refractivity contribution in [2.24, 2.45) is 0 Å². The third kappa shape index (κ3) is 5.30. The fourth-order valence-corrected chi connectivity index (χ4v) is 2.66. The highest BCUT2D eigenvalue weighted by Gasteiger charge is 2.10. The van der Waals surface area contributed by atoms with Gasteiger partial charge in [0.15, 0.2) is 0 Å². The lowest BCUT2D eigenvalue weighted by Crippen LogP contribution is -2.14. The Morgan fingerprint density at radius 3 is 2.57 bits per heavy atom. The second-order valence-electron chi connectivity index (χ2n) is 6.12. The first-order chi connectivity index (χ1) is 13.7. The molecular formula is C22H22FN3O2. The lowest BCUT2D eigenvalue weighted by Gasteiger charge is -2.11. The molecule has 2 aromatic carbocycles. The van der Waals surface area contributed by atoms with Crippen molar-refractivity contribution in [3.8, 4) is 5.75 Å². The Hall–Kier alpha value is -3.41. The van der Waals surface area contributed by atoms with Crippen molar-refractivity contribution in [2.75, 3.05) is 23.8 Å². The molecule has 2 N–H and O–H groups in total. The summed E-state index contributed by atoms with van der Waals surface area (Å²) in [6.45, 7) is 3.07. The Balaban J connectivity index is 1.55. The predicted molar refractivity (Wildman–Crippen MR) is 108 cm³/mol. The van der Waals surface area contributed by atoms with E-state index in [2.05, 4.69) is 15.6 Å². The molecule has 0 spiro atoms. The fourth-order valence-electron chi connectivity index (χ4n) is 2.66. The van der Waals surface area contributed by atoms with Gasteiger partial charge in [-0.05, 0) is 55.3 Å². The van der Waals surface area contributed by atoms with E-state index in [0.717, 1.165) is 12.0 Å². The zero-order valence-corrected chi connectivity index (χ0v) is 15.6. The zero-order valence-electron chi connectivity index (χ0n) is 15.6. The number of anilines is 2. The van der Waals surface area contributed by atoms with E-state index >= 15 is 0 Å². The number of nitrogens with one attached hydrogen (secondary N) is 2. The van der Waals surface area contributed by atoms with Gasteiger partial charge >= 0.3 is 0 Å². The van der Waals surface area contributed by atoms with Crippen LogP contribution in [-0.2, 0) is 6.42 Å². The molecule has 0 saturated heterocycles. The number of rotatable bonds is 8. The quantitative estimate of drug-likeness (QED) is 0.604. The summed E-state index contributed by atoms with van der Waals surface area (Å²) < 4.78 is 18.4. The molecule has 0 radical (unpaired) electrons. The average molecular weight is 379 g/mol. The number of pyridine rings is 1. The van der Waals surface area contributed by atoms with Gasteiger partial charge in [0.25, 0.3) is 5.91 Å². The van der Waals surface area contributed by atoms with E-state index in [1.54, 1.807) is 30.3 Å². The summed E-state index contributed by atoms with van der Waals surface area (Å²) in [6, 6.07) is 17.2. The van der Waals surface area contributed by atoms with Crippen LogP contribution in [0.3, 0.4) is 0 Å². The number of hydrogen-bond donors (Lipinski definition) is 2. The molecular weight excluding hydrogens is 357 g/mol. The third-order valence-electron chi connectivity index (χ3n) is 4.09. The normalized spacial score (nSPS) is 10.4. The summed E-state index contributed by atoms with van der Waals surface area (Å²) in [4.78, 5) is 16.7. The van der Waals surface area contributed by atoms with E-state index in [-0.39, 0.29) is 11.7 Å². The smallest absolute Gasteiger partial charge is 0.257 e. The van der Waals surface area contributed by atoms with E-state index in [4.69, 9.17) is 4.74 Å². The SMILES string of the molecule is CCOc1ccccc1NC(=O)c1ccc(NCCc2ccc(F)cc2)nc1. The maximum Gasteiger partial charge on any atom is 0.257 e. The van der Waals surface area contributed by atoms with Crippen molar-refractivity contribution in [3.05, 3.63) is 83.8 Å². The number of halogens is 1. The van der Waals surface area contributed by atoms with Crippen LogP contribution in [0.25, 0.3) is 0 Å². The number of benzene rings is 2. The minimum Gasteiger partial charge on any atom is -0.492 e. The molecule has 0 aliphatic rings. The molecule has 0 unspecified atom stereocenters. The van der Waals surface area contributed by atoms with Crippen LogP contribution < -0.4 is 15.4 Å². The topological polar surface area (TPSA) is 63.2 Å². The monoisotopic (exact) mass is 379 g/mol. The van der Waals surface area contributed by atoms with Gasteiger partial charge in [0.1, 0.15) is 17.4 Å². The summed E-state index contributed by atoms with van der Waals surface area (Å²) in [5.41, 5.74) is 2.11. The Morgan fingerprint density at radius 2 is 1.86 bits per heavy atom. The largest absolute Gasteiger partial charge is 0.492 e. The van der Waals surface area contributed by atoms with Gasteiger partial charge in [-0.2, -0.15) is 0 Å². The predicted octanol–water partition coefficient (Wildman–Crippen LogP) is 4.53. The van der Waals surface area contributed by atoms with Crippen LogP contribution in [-0.4, -0.2) is 24.0 Å². The van der Waals surface area contributed by atoms with E-state index in [1.165, 1.54) is 18.3 Å². The van der Waals surface area contributed by atoms with Crippen molar-refractivity contribution >= 4 is 17.4 Å². The second kappa shape index (κ2) is 9.50. The van der Waals surface area contributed by atoms with Crippen LogP contribution in [0.5, 0.6) is 5.75 Å². The molecule has 0 fully saturated rings. The summed E-state index contributed by atoms with van der Waals surface area (Å²) in [6.07, 6.45) is 2.28. The number of para-hydroxylation sites is 2. The van der Waals surface area contributed by atoms with Gasteiger partial charge < -0.3 is 15.4 Å². The van der Waals surface area contributed by atoms with Crippen LogP contribution in [0.15, 0.2) is 66.9 Å². The zero-order chi connectivity index (χ0) is 19.8. The molecule has 1 aromatic heterocycles. The molecule has 1 amide bonds. The number of ether oxygens (including phenoxy) is 1. The molecule has 0 aliphatic carbocycles. The highest BCUT2D eigenvalue weighted by atomic mass is 19.1. The van der Waals surface area contributed by atoms with E-state index in [0.29, 0.717) is 36.0 Å². The van der Waals surface area contributed by atoms with Crippen LogP contribution in [0.2, 0.25) is 0 Å². The maximum absolute atomic E-state index is 12.9. The lowest BCUT2D eigenvalue weighted by atomic mass is 10.1.